The van der Waals surface area contributed by atoms with E-state index in [9.17, 15) is 0 Å². The van der Waals surface area contributed by atoms with Crippen molar-refractivity contribution in [3.05, 3.63) is 28.7 Å². The molecular formula is C15H21BrN4O. The van der Waals surface area contributed by atoms with Crippen LogP contribution in [0.25, 0.3) is 11.5 Å². The van der Waals surface area contributed by atoms with E-state index in [1.807, 2.05) is 12.1 Å². The molecule has 1 unspecified atom stereocenters. The van der Waals surface area contributed by atoms with Gasteiger partial charge < -0.3 is 10.3 Å². The van der Waals surface area contributed by atoms with Crippen LogP contribution in [0.5, 0.6) is 0 Å². The van der Waals surface area contributed by atoms with E-state index >= 15 is 0 Å². The minimum Gasteiger partial charge on any atom is -0.339 e. The van der Waals surface area contributed by atoms with Gasteiger partial charge >= 0.3 is 0 Å². The molecule has 0 spiro atoms. The monoisotopic (exact) mass is 352 g/mol. The van der Waals surface area contributed by atoms with Crippen molar-refractivity contribution in [1.29, 1.82) is 0 Å². The second-order valence-corrected chi connectivity index (χ2v) is 6.32. The highest BCUT2D eigenvalue weighted by atomic mass is 79.9. The number of aromatic nitrogens is 3. The third kappa shape index (κ3) is 4.35. The Hall–Kier alpha value is -1.27. The fourth-order valence-electron chi connectivity index (χ4n) is 2.34. The zero-order valence-electron chi connectivity index (χ0n) is 12.4. The van der Waals surface area contributed by atoms with Gasteiger partial charge in [0.2, 0.25) is 11.7 Å². The molecule has 0 radical (unpaired) electrons. The molecule has 0 amide bonds. The fourth-order valence-corrected chi connectivity index (χ4v) is 2.77. The van der Waals surface area contributed by atoms with Gasteiger partial charge in [0.25, 0.3) is 0 Å². The van der Waals surface area contributed by atoms with E-state index in [0.717, 1.165) is 30.3 Å². The number of halogens is 1. The molecule has 0 aliphatic carbocycles. The van der Waals surface area contributed by atoms with Crippen LogP contribution in [-0.4, -0.2) is 21.7 Å². The molecule has 0 fully saturated rings. The van der Waals surface area contributed by atoms with Crippen molar-refractivity contribution in [3.63, 3.8) is 0 Å². The van der Waals surface area contributed by atoms with Gasteiger partial charge in [-0.3, -0.25) is 4.98 Å². The first-order chi connectivity index (χ1) is 10.1. The van der Waals surface area contributed by atoms with E-state index in [-0.39, 0.29) is 0 Å². The van der Waals surface area contributed by atoms with Crippen LogP contribution in [-0.2, 0) is 6.42 Å². The van der Waals surface area contributed by atoms with Crippen molar-refractivity contribution in [2.45, 2.75) is 33.1 Å². The Morgan fingerprint density at radius 1 is 1.33 bits per heavy atom. The van der Waals surface area contributed by atoms with Crippen LogP contribution in [0.1, 0.15) is 32.6 Å². The number of rotatable bonds is 7. The fraction of sp³-hybridized carbons (Fsp3) is 0.533. The summed E-state index contributed by atoms with van der Waals surface area (Å²) in [6.45, 7) is 5.17. The SMILES string of the molecule is CC(C)C(CCN)CCc1nc(-c2ncccc2Br)no1. The molecular weight excluding hydrogens is 332 g/mol. The van der Waals surface area contributed by atoms with Crippen LogP contribution in [0, 0.1) is 11.8 Å². The maximum atomic E-state index is 5.67. The minimum atomic E-state index is 0.525. The van der Waals surface area contributed by atoms with Crippen molar-refractivity contribution in [1.82, 2.24) is 15.1 Å². The molecule has 21 heavy (non-hydrogen) atoms. The summed E-state index contributed by atoms with van der Waals surface area (Å²) >= 11 is 3.45. The summed E-state index contributed by atoms with van der Waals surface area (Å²) in [6.07, 6.45) is 4.54. The van der Waals surface area contributed by atoms with Crippen LogP contribution >= 0.6 is 15.9 Å². The summed E-state index contributed by atoms with van der Waals surface area (Å²) in [6, 6.07) is 3.77. The lowest BCUT2D eigenvalue weighted by atomic mass is 9.88. The van der Waals surface area contributed by atoms with Gasteiger partial charge in [-0.2, -0.15) is 4.98 Å². The van der Waals surface area contributed by atoms with Gasteiger partial charge in [-0.05, 0) is 59.3 Å². The lowest BCUT2D eigenvalue weighted by molar-refractivity contribution is 0.313. The molecule has 0 bridgehead atoms. The predicted molar refractivity (Wildman–Crippen MR) is 85.5 cm³/mol. The van der Waals surface area contributed by atoms with E-state index in [1.54, 1.807) is 6.20 Å². The van der Waals surface area contributed by atoms with Crippen molar-refractivity contribution in [2.75, 3.05) is 6.54 Å². The minimum absolute atomic E-state index is 0.525. The van der Waals surface area contributed by atoms with Gasteiger partial charge in [-0.1, -0.05) is 19.0 Å². The average Bonchev–Trinajstić information content (AvgIpc) is 2.92. The molecule has 5 nitrogen and oxygen atoms in total. The lowest BCUT2D eigenvalue weighted by Gasteiger charge is -2.18. The number of hydrogen-bond donors (Lipinski definition) is 1. The summed E-state index contributed by atoms with van der Waals surface area (Å²) in [4.78, 5) is 8.70. The molecule has 2 aromatic heterocycles. The Kier molecular flexibility index (Phi) is 5.87. The Morgan fingerprint density at radius 3 is 2.81 bits per heavy atom. The molecule has 1 atom stereocenters. The van der Waals surface area contributed by atoms with Gasteiger partial charge in [0.1, 0.15) is 5.69 Å². The number of pyridine rings is 1. The lowest BCUT2D eigenvalue weighted by Crippen LogP contribution is -2.15. The number of nitrogens with two attached hydrogens (primary N) is 1. The first-order valence-electron chi connectivity index (χ1n) is 7.25. The molecule has 2 rings (SSSR count). The average molecular weight is 353 g/mol. The first-order valence-corrected chi connectivity index (χ1v) is 8.04. The van der Waals surface area contributed by atoms with E-state index in [2.05, 4.69) is 44.9 Å². The molecule has 0 aliphatic rings. The Balaban J connectivity index is 2.02. The van der Waals surface area contributed by atoms with Crippen molar-refractivity contribution >= 4 is 15.9 Å². The number of aryl methyl sites for hydroxylation is 1. The third-order valence-corrected chi connectivity index (χ3v) is 4.29. The zero-order chi connectivity index (χ0) is 15.2. The van der Waals surface area contributed by atoms with Crippen molar-refractivity contribution in [3.8, 4) is 11.5 Å². The Labute approximate surface area is 133 Å². The van der Waals surface area contributed by atoms with Gasteiger partial charge in [0.05, 0.1) is 0 Å². The highest BCUT2D eigenvalue weighted by molar-refractivity contribution is 9.10. The largest absolute Gasteiger partial charge is 0.339 e. The summed E-state index contributed by atoms with van der Waals surface area (Å²) < 4.78 is 6.19. The van der Waals surface area contributed by atoms with Crippen molar-refractivity contribution in [2.24, 2.45) is 17.6 Å². The maximum Gasteiger partial charge on any atom is 0.227 e. The second kappa shape index (κ2) is 7.66. The molecule has 2 N–H and O–H groups in total. The van der Waals surface area contributed by atoms with Crippen LogP contribution in [0.4, 0.5) is 0 Å². The van der Waals surface area contributed by atoms with Crippen LogP contribution < -0.4 is 5.73 Å². The highest BCUT2D eigenvalue weighted by Gasteiger charge is 2.16. The molecule has 114 valence electrons. The molecule has 0 saturated heterocycles. The maximum absolute atomic E-state index is 5.67. The molecule has 2 aromatic rings. The Morgan fingerprint density at radius 2 is 2.14 bits per heavy atom. The quantitative estimate of drug-likeness (QED) is 0.825. The summed E-state index contributed by atoms with van der Waals surface area (Å²) in [5.74, 6) is 2.38. The first kappa shape index (κ1) is 16.1. The molecule has 0 aromatic carbocycles. The summed E-state index contributed by atoms with van der Waals surface area (Å²) in [5.41, 5.74) is 6.37. The Bertz CT molecular complexity index is 570. The smallest absolute Gasteiger partial charge is 0.227 e. The van der Waals surface area contributed by atoms with E-state index in [0.29, 0.717) is 29.2 Å². The standard InChI is InChI=1S/C15H21BrN4O/c1-10(2)11(7-8-17)5-6-13-19-15(20-21-13)14-12(16)4-3-9-18-14/h3-4,9-11H,5-8,17H2,1-2H3. The molecule has 2 heterocycles. The molecule has 0 saturated carbocycles. The van der Waals surface area contributed by atoms with Gasteiger partial charge in [-0.15, -0.1) is 0 Å². The van der Waals surface area contributed by atoms with E-state index < -0.39 is 0 Å². The topological polar surface area (TPSA) is 77.8 Å². The van der Waals surface area contributed by atoms with E-state index in [4.69, 9.17) is 10.3 Å². The van der Waals surface area contributed by atoms with E-state index in [1.165, 1.54) is 0 Å². The summed E-state index contributed by atoms with van der Waals surface area (Å²) in [7, 11) is 0. The zero-order valence-corrected chi connectivity index (χ0v) is 14.0. The number of nitrogens with zero attached hydrogens (tertiary/aromatic N) is 3. The van der Waals surface area contributed by atoms with Crippen LogP contribution in [0.15, 0.2) is 27.3 Å². The third-order valence-electron chi connectivity index (χ3n) is 3.65. The van der Waals surface area contributed by atoms with Gasteiger partial charge in [0, 0.05) is 17.1 Å². The van der Waals surface area contributed by atoms with Crippen LogP contribution in [0.3, 0.4) is 0 Å². The second-order valence-electron chi connectivity index (χ2n) is 5.47. The predicted octanol–water partition coefficient (Wildman–Crippen LogP) is 3.45. The van der Waals surface area contributed by atoms with Gasteiger partial charge in [0.15, 0.2) is 0 Å². The summed E-state index contributed by atoms with van der Waals surface area (Å²) in [5, 5.41) is 4.01. The molecule has 0 aliphatic heterocycles. The molecule has 6 heteroatoms. The van der Waals surface area contributed by atoms with Crippen molar-refractivity contribution < 1.29 is 4.52 Å². The number of hydrogen-bond acceptors (Lipinski definition) is 5. The highest BCUT2D eigenvalue weighted by Crippen LogP contribution is 2.24. The van der Waals surface area contributed by atoms with Crippen LogP contribution in [0.2, 0.25) is 0 Å². The normalized spacial score (nSPS) is 12.8. The van der Waals surface area contributed by atoms with Gasteiger partial charge in [-0.25, -0.2) is 0 Å².